The third kappa shape index (κ3) is 10.1. The van der Waals surface area contributed by atoms with Gasteiger partial charge in [-0.1, -0.05) is 37.1 Å². The number of benzene rings is 2. The Kier molecular flexibility index (Phi) is 12.8. The zero-order chi connectivity index (χ0) is 39.9. The molecule has 12 nitrogen and oxygen atoms in total. The van der Waals surface area contributed by atoms with Gasteiger partial charge in [-0.25, -0.2) is 14.6 Å². The van der Waals surface area contributed by atoms with Gasteiger partial charge in [-0.05, 0) is 80.5 Å². The minimum Gasteiger partial charge on any atom is -0.366 e. The molecule has 4 atom stereocenters. The second-order valence-electron chi connectivity index (χ2n) is 15.2. The van der Waals surface area contributed by atoms with Crippen LogP contribution in [0.2, 0.25) is 0 Å². The third-order valence-corrected chi connectivity index (χ3v) is 12.6. The quantitative estimate of drug-likeness (QED) is 0.0838. The van der Waals surface area contributed by atoms with Gasteiger partial charge in [0, 0.05) is 61.3 Å². The number of hydrogen-bond donors (Lipinski definition) is 5. The van der Waals surface area contributed by atoms with Crippen molar-refractivity contribution in [3.63, 3.8) is 0 Å². The van der Waals surface area contributed by atoms with Crippen LogP contribution in [0.1, 0.15) is 75.3 Å². The number of carbonyl (C=O) groups is 4. The largest absolute Gasteiger partial charge is 0.416 e. The molecule has 2 unspecified atom stereocenters. The predicted octanol–water partition coefficient (Wildman–Crippen LogP) is 6.81. The molecule has 4 aliphatic heterocycles. The number of piperidine rings is 1. The normalized spacial score (nSPS) is 20.9. The highest BCUT2D eigenvalue weighted by molar-refractivity contribution is 8.00. The van der Waals surface area contributed by atoms with Crippen molar-refractivity contribution in [1.29, 1.82) is 0 Å². The molecule has 0 radical (unpaired) electrons. The average molecular weight is 807 g/mol. The minimum atomic E-state index is -4.49. The monoisotopic (exact) mass is 806 g/mol. The van der Waals surface area contributed by atoms with Crippen molar-refractivity contribution >= 4 is 52.8 Å². The van der Waals surface area contributed by atoms with Gasteiger partial charge in [-0.3, -0.25) is 14.5 Å². The van der Waals surface area contributed by atoms with Crippen LogP contribution in [0.5, 0.6) is 0 Å². The van der Waals surface area contributed by atoms with Crippen LogP contribution < -0.4 is 36.4 Å². The van der Waals surface area contributed by atoms with Crippen molar-refractivity contribution in [3.8, 4) is 11.3 Å². The fourth-order valence-electron chi connectivity index (χ4n) is 8.06. The highest BCUT2D eigenvalue weighted by Gasteiger charge is 2.43. The van der Waals surface area contributed by atoms with Crippen molar-refractivity contribution in [2.45, 2.75) is 100 Å². The highest BCUT2D eigenvalue weighted by atomic mass is 32.2. The third-order valence-electron chi connectivity index (χ3n) is 11.1. The summed E-state index contributed by atoms with van der Waals surface area (Å²) in [5, 5.41) is 15.2. The molecule has 1 aromatic heterocycles. The molecular weight excluding hydrogens is 758 g/mol. The number of aromatic nitrogens is 1. The smallest absolute Gasteiger partial charge is 0.366 e. The number of pyridine rings is 1. The van der Waals surface area contributed by atoms with E-state index in [-0.39, 0.29) is 42.0 Å². The molecule has 3 aromatic rings. The van der Waals surface area contributed by atoms with E-state index in [4.69, 9.17) is 4.98 Å². The molecule has 3 saturated heterocycles. The summed E-state index contributed by atoms with van der Waals surface area (Å²) in [5.41, 5.74) is 2.11. The molecule has 3 fully saturated rings. The summed E-state index contributed by atoms with van der Waals surface area (Å²) in [5.74, 6) is 1.35. The van der Waals surface area contributed by atoms with Gasteiger partial charge in [0.05, 0.1) is 35.1 Å². The Morgan fingerprint density at radius 3 is 2.51 bits per heavy atom. The van der Waals surface area contributed by atoms with Gasteiger partial charge >= 0.3 is 18.2 Å². The Labute approximate surface area is 334 Å². The summed E-state index contributed by atoms with van der Waals surface area (Å²) in [6, 6.07) is 15.6. The summed E-state index contributed by atoms with van der Waals surface area (Å²) < 4.78 is 40.3. The van der Waals surface area contributed by atoms with Crippen molar-refractivity contribution in [2.75, 3.05) is 40.5 Å². The molecule has 2 aromatic carbocycles. The molecule has 5 N–H and O–H groups in total. The zero-order valence-corrected chi connectivity index (χ0v) is 32.5. The Balaban J connectivity index is 0.810. The number of hydrogen-bond acceptors (Lipinski definition) is 7. The van der Waals surface area contributed by atoms with Crippen molar-refractivity contribution < 1.29 is 32.3 Å². The molecule has 16 heteroatoms. The summed E-state index contributed by atoms with van der Waals surface area (Å²) in [6.07, 6.45) is 3.17. The number of urea groups is 2. The standard InChI is InChI=1S/C41H49F3N8O4S/c42-41(43,44)28-9-6-8-27(22-28)31-18-19-33-38(48-31)52(30-10-7-21-51(33)24-30)40(56)47-29-16-14-26(15-17-29)23-46-36(54)12-2-1-5-20-45-35(53)13-4-3-11-34-37-32(25-57-34)49-39(55)50-37/h6,8-9,14-19,22,30,32,34,37H,1-5,7,10-13,20-21,23-25H2,(H,45,53)(H,46,54)(H,47,56)(H2,49,50,55)/t30-,32?,34+,37?/m1/s1. The van der Waals surface area contributed by atoms with Crippen LogP contribution in [0.3, 0.4) is 0 Å². The lowest BCUT2D eigenvalue weighted by molar-refractivity contribution is -0.137. The van der Waals surface area contributed by atoms with Crippen LogP contribution in [-0.4, -0.2) is 77.6 Å². The molecule has 0 aliphatic carbocycles. The first-order valence-electron chi connectivity index (χ1n) is 19.9. The number of halogens is 3. The molecule has 7 rings (SSSR count). The first-order valence-corrected chi connectivity index (χ1v) is 20.9. The lowest BCUT2D eigenvalue weighted by Crippen LogP contribution is -2.56. The number of anilines is 3. The summed E-state index contributed by atoms with van der Waals surface area (Å²) in [6.45, 7) is 2.38. The second kappa shape index (κ2) is 18.1. The molecule has 6 amide bonds. The molecule has 304 valence electrons. The SMILES string of the molecule is O=C(CCCC[C@@H]1SCC2NC(=O)NC21)NCCCCCC(=O)NCc1ccc(NC(=O)N2c3nc(-c4cccc(C(F)(F)F)c4)ccc3N3CCC[C@@H]2C3)cc1. The first kappa shape index (κ1) is 40.2. The maximum atomic E-state index is 13.8. The number of amides is 6. The molecular formula is C41H49F3N8O4S. The maximum absolute atomic E-state index is 13.8. The van der Waals surface area contributed by atoms with Gasteiger partial charge in [0.1, 0.15) is 0 Å². The second-order valence-corrected chi connectivity index (χ2v) is 16.4. The minimum absolute atomic E-state index is 0.0477. The fourth-order valence-corrected chi connectivity index (χ4v) is 9.60. The van der Waals surface area contributed by atoms with E-state index in [0.29, 0.717) is 66.9 Å². The summed E-state index contributed by atoms with van der Waals surface area (Å²) in [7, 11) is 0. The molecule has 4 aliphatic rings. The fraction of sp³-hybridized carbons (Fsp3) is 0.488. The number of thioether (sulfide) groups is 1. The lowest BCUT2D eigenvalue weighted by Gasteiger charge is -2.45. The number of fused-ring (bicyclic) bond motifs is 5. The average Bonchev–Trinajstić information content (AvgIpc) is 3.76. The van der Waals surface area contributed by atoms with Crippen LogP contribution in [0.25, 0.3) is 11.3 Å². The van der Waals surface area contributed by atoms with E-state index in [1.807, 2.05) is 30.0 Å². The van der Waals surface area contributed by atoms with E-state index in [2.05, 4.69) is 31.5 Å². The Hall–Kier alpha value is -4.99. The Morgan fingerprint density at radius 2 is 1.70 bits per heavy atom. The number of unbranched alkanes of at least 4 members (excludes halogenated alkanes) is 3. The van der Waals surface area contributed by atoms with Crippen LogP contribution >= 0.6 is 11.8 Å². The van der Waals surface area contributed by atoms with E-state index in [9.17, 15) is 32.3 Å². The zero-order valence-electron chi connectivity index (χ0n) is 31.7. The van der Waals surface area contributed by atoms with Gasteiger partial charge in [0.15, 0.2) is 5.82 Å². The first-order chi connectivity index (χ1) is 27.5. The van der Waals surface area contributed by atoms with Crippen molar-refractivity contribution in [3.05, 3.63) is 71.8 Å². The van der Waals surface area contributed by atoms with Gasteiger partial charge in [-0.15, -0.1) is 0 Å². The van der Waals surface area contributed by atoms with E-state index in [0.717, 1.165) is 80.6 Å². The van der Waals surface area contributed by atoms with Crippen LogP contribution in [0.15, 0.2) is 60.7 Å². The number of alkyl halides is 3. The number of carbonyl (C=O) groups excluding carboxylic acids is 4. The van der Waals surface area contributed by atoms with Crippen LogP contribution in [0, 0.1) is 0 Å². The maximum Gasteiger partial charge on any atom is 0.416 e. The number of nitrogens with zero attached hydrogens (tertiary/aromatic N) is 3. The lowest BCUT2D eigenvalue weighted by atomic mass is 9.99. The van der Waals surface area contributed by atoms with Gasteiger partial charge < -0.3 is 31.5 Å². The molecule has 0 saturated carbocycles. The molecule has 2 bridgehead atoms. The van der Waals surface area contributed by atoms with Gasteiger partial charge in [0.25, 0.3) is 0 Å². The van der Waals surface area contributed by atoms with E-state index in [1.165, 1.54) is 6.07 Å². The van der Waals surface area contributed by atoms with Crippen LogP contribution in [-0.2, 0) is 22.3 Å². The molecule has 5 heterocycles. The van der Waals surface area contributed by atoms with Gasteiger partial charge in [-0.2, -0.15) is 24.9 Å². The number of rotatable bonds is 15. The van der Waals surface area contributed by atoms with E-state index in [1.54, 1.807) is 29.2 Å². The Morgan fingerprint density at radius 1 is 0.912 bits per heavy atom. The van der Waals surface area contributed by atoms with Crippen LogP contribution in [0.4, 0.5) is 40.0 Å². The highest BCUT2D eigenvalue weighted by Crippen LogP contribution is 2.40. The number of nitrogens with one attached hydrogen (secondary N) is 5. The van der Waals surface area contributed by atoms with Crippen molar-refractivity contribution in [1.82, 2.24) is 26.3 Å². The predicted molar refractivity (Wildman–Crippen MR) is 215 cm³/mol. The summed E-state index contributed by atoms with van der Waals surface area (Å²) in [4.78, 5) is 58.6. The molecule has 57 heavy (non-hydrogen) atoms. The van der Waals surface area contributed by atoms with Gasteiger partial charge in [0.2, 0.25) is 11.8 Å². The Bertz CT molecular complexity index is 1930. The molecule has 0 spiro atoms. The topological polar surface area (TPSA) is 148 Å². The van der Waals surface area contributed by atoms with Crippen molar-refractivity contribution in [2.24, 2.45) is 0 Å². The van der Waals surface area contributed by atoms with E-state index >= 15 is 0 Å². The summed E-state index contributed by atoms with van der Waals surface area (Å²) >= 11 is 1.89. The van der Waals surface area contributed by atoms with E-state index < -0.39 is 11.7 Å².